The number of hydrogen-bond donors (Lipinski definition) is 1. The molecule has 4 rings (SSSR count). The van der Waals surface area contributed by atoms with Gasteiger partial charge in [0.2, 0.25) is 5.91 Å². The molecule has 0 radical (unpaired) electrons. The average molecular weight is 301 g/mol. The molecule has 0 aliphatic heterocycles. The highest BCUT2D eigenvalue weighted by Gasteiger charge is 2.13. The van der Waals surface area contributed by atoms with Crippen LogP contribution in [0.1, 0.15) is 19.4 Å². The number of benzene rings is 4. The summed E-state index contributed by atoms with van der Waals surface area (Å²) in [5.41, 5.74) is 1.09. The molecule has 0 spiro atoms. The van der Waals surface area contributed by atoms with Crippen molar-refractivity contribution in [3.05, 3.63) is 60.2 Å². The molecule has 0 fully saturated rings. The summed E-state index contributed by atoms with van der Waals surface area (Å²) in [5, 5.41) is 10.5. The van der Waals surface area contributed by atoms with Gasteiger partial charge in [-0.2, -0.15) is 0 Å². The van der Waals surface area contributed by atoms with Crippen LogP contribution in [-0.2, 0) is 11.2 Å². The molecule has 114 valence electrons. The Morgan fingerprint density at radius 2 is 1.48 bits per heavy atom. The first-order valence-electron chi connectivity index (χ1n) is 8.08. The number of carbonyl (C=O) groups is 1. The Hall–Kier alpha value is -2.61. The predicted molar refractivity (Wildman–Crippen MR) is 97.1 cm³/mol. The first kappa shape index (κ1) is 14.0. The van der Waals surface area contributed by atoms with Gasteiger partial charge in [0.25, 0.3) is 0 Å². The monoisotopic (exact) mass is 301 g/mol. The van der Waals surface area contributed by atoms with E-state index in [0.29, 0.717) is 6.42 Å². The van der Waals surface area contributed by atoms with Crippen molar-refractivity contribution >= 4 is 38.2 Å². The van der Waals surface area contributed by atoms with Crippen molar-refractivity contribution < 1.29 is 4.79 Å². The van der Waals surface area contributed by atoms with E-state index >= 15 is 0 Å². The molecule has 0 unspecified atom stereocenters. The summed E-state index contributed by atoms with van der Waals surface area (Å²) < 4.78 is 0. The molecule has 4 aromatic carbocycles. The van der Waals surface area contributed by atoms with Crippen LogP contribution in [0.5, 0.6) is 0 Å². The van der Waals surface area contributed by atoms with E-state index in [-0.39, 0.29) is 11.9 Å². The summed E-state index contributed by atoms with van der Waals surface area (Å²) in [7, 11) is 0. The first-order chi connectivity index (χ1) is 11.1. The predicted octanol–water partition coefficient (Wildman–Crippen LogP) is 4.65. The molecule has 2 heteroatoms. The standard InChI is InChI=1S/C21H19NO/c1-13(2)22-19(23)12-17-9-8-16-7-6-14-4-3-5-15-10-11-18(17)21(16)20(14)15/h3-11,13H,12H2,1-2H3,(H,22,23). The second kappa shape index (κ2) is 5.24. The summed E-state index contributed by atoms with van der Waals surface area (Å²) in [5.74, 6) is 0.0787. The maximum Gasteiger partial charge on any atom is 0.224 e. The van der Waals surface area contributed by atoms with E-state index in [2.05, 4.69) is 59.9 Å². The van der Waals surface area contributed by atoms with Gasteiger partial charge in [-0.05, 0) is 51.7 Å². The Labute approximate surface area is 135 Å². The molecular weight excluding hydrogens is 282 g/mol. The van der Waals surface area contributed by atoms with Crippen LogP contribution in [0.4, 0.5) is 0 Å². The van der Waals surface area contributed by atoms with Crippen molar-refractivity contribution in [1.29, 1.82) is 0 Å². The summed E-state index contributed by atoms with van der Waals surface area (Å²) in [6, 6.07) is 19.4. The summed E-state index contributed by atoms with van der Waals surface area (Å²) in [4.78, 5) is 12.2. The van der Waals surface area contributed by atoms with Gasteiger partial charge in [0.15, 0.2) is 0 Å². The van der Waals surface area contributed by atoms with Crippen molar-refractivity contribution in [3.63, 3.8) is 0 Å². The van der Waals surface area contributed by atoms with E-state index in [1.54, 1.807) is 0 Å². The van der Waals surface area contributed by atoms with Crippen molar-refractivity contribution in [1.82, 2.24) is 5.32 Å². The van der Waals surface area contributed by atoms with Gasteiger partial charge in [-0.1, -0.05) is 54.6 Å². The van der Waals surface area contributed by atoms with Crippen molar-refractivity contribution in [3.8, 4) is 0 Å². The van der Waals surface area contributed by atoms with Crippen LogP contribution < -0.4 is 5.32 Å². The average Bonchev–Trinajstić information content (AvgIpc) is 2.53. The summed E-state index contributed by atoms with van der Waals surface area (Å²) >= 11 is 0. The Balaban J connectivity index is 1.94. The van der Waals surface area contributed by atoms with Gasteiger partial charge in [0, 0.05) is 6.04 Å². The molecule has 0 aliphatic carbocycles. The fraction of sp³-hybridized carbons (Fsp3) is 0.190. The van der Waals surface area contributed by atoms with Gasteiger partial charge in [0.1, 0.15) is 0 Å². The van der Waals surface area contributed by atoms with Gasteiger partial charge >= 0.3 is 0 Å². The second-order valence-corrected chi connectivity index (χ2v) is 6.48. The Morgan fingerprint density at radius 3 is 2.17 bits per heavy atom. The van der Waals surface area contributed by atoms with Gasteiger partial charge in [-0.15, -0.1) is 0 Å². The molecule has 0 bridgehead atoms. The quantitative estimate of drug-likeness (QED) is 0.548. The number of nitrogens with one attached hydrogen (secondary N) is 1. The summed E-state index contributed by atoms with van der Waals surface area (Å²) in [6.07, 6.45) is 0.423. The molecule has 0 atom stereocenters. The van der Waals surface area contributed by atoms with Gasteiger partial charge < -0.3 is 5.32 Å². The molecule has 0 saturated carbocycles. The van der Waals surface area contributed by atoms with Crippen molar-refractivity contribution in [2.24, 2.45) is 0 Å². The van der Waals surface area contributed by atoms with E-state index in [9.17, 15) is 4.79 Å². The number of rotatable bonds is 3. The van der Waals surface area contributed by atoms with Crippen molar-refractivity contribution in [2.75, 3.05) is 0 Å². The third-order valence-electron chi connectivity index (χ3n) is 4.42. The minimum atomic E-state index is 0.0787. The molecule has 4 aromatic rings. The van der Waals surface area contributed by atoms with Crippen LogP contribution >= 0.6 is 0 Å². The number of amides is 1. The van der Waals surface area contributed by atoms with E-state index < -0.39 is 0 Å². The summed E-state index contributed by atoms with van der Waals surface area (Å²) in [6.45, 7) is 3.98. The van der Waals surface area contributed by atoms with Crippen LogP contribution in [0.15, 0.2) is 54.6 Å². The molecule has 0 saturated heterocycles. The Kier molecular flexibility index (Phi) is 3.19. The van der Waals surface area contributed by atoms with Crippen LogP contribution in [0.25, 0.3) is 32.3 Å². The topological polar surface area (TPSA) is 29.1 Å². The molecule has 1 N–H and O–H groups in total. The normalized spacial score (nSPS) is 11.8. The smallest absolute Gasteiger partial charge is 0.224 e. The molecular formula is C21H19NO. The van der Waals surface area contributed by atoms with E-state index in [1.807, 2.05) is 13.8 Å². The maximum atomic E-state index is 12.2. The van der Waals surface area contributed by atoms with Gasteiger partial charge in [-0.25, -0.2) is 0 Å². The molecule has 0 aromatic heterocycles. The lowest BCUT2D eigenvalue weighted by Gasteiger charge is -2.14. The molecule has 1 amide bonds. The lowest BCUT2D eigenvalue weighted by atomic mass is 9.91. The zero-order valence-corrected chi connectivity index (χ0v) is 13.4. The van der Waals surface area contributed by atoms with E-state index in [4.69, 9.17) is 0 Å². The molecule has 2 nitrogen and oxygen atoms in total. The third kappa shape index (κ3) is 2.31. The number of hydrogen-bond acceptors (Lipinski definition) is 1. The van der Waals surface area contributed by atoms with Gasteiger partial charge in [0.05, 0.1) is 6.42 Å². The first-order valence-corrected chi connectivity index (χ1v) is 8.08. The molecule has 0 heterocycles. The zero-order chi connectivity index (χ0) is 16.0. The largest absolute Gasteiger partial charge is 0.354 e. The number of carbonyl (C=O) groups excluding carboxylic acids is 1. The molecule has 23 heavy (non-hydrogen) atoms. The minimum absolute atomic E-state index is 0.0787. The van der Waals surface area contributed by atoms with Crippen LogP contribution in [0.3, 0.4) is 0 Å². The van der Waals surface area contributed by atoms with Crippen LogP contribution in [-0.4, -0.2) is 11.9 Å². The van der Waals surface area contributed by atoms with Crippen molar-refractivity contribution in [2.45, 2.75) is 26.3 Å². The third-order valence-corrected chi connectivity index (χ3v) is 4.42. The van der Waals surface area contributed by atoms with Gasteiger partial charge in [-0.3, -0.25) is 4.79 Å². The van der Waals surface area contributed by atoms with Crippen LogP contribution in [0, 0.1) is 0 Å². The van der Waals surface area contributed by atoms with E-state index in [1.165, 1.54) is 32.3 Å². The fourth-order valence-corrected chi connectivity index (χ4v) is 3.50. The fourth-order valence-electron chi connectivity index (χ4n) is 3.50. The Morgan fingerprint density at radius 1 is 0.870 bits per heavy atom. The SMILES string of the molecule is CC(C)NC(=O)Cc1ccc2ccc3cccc4ccc1c2c34. The lowest BCUT2D eigenvalue weighted by Crippen LogP contribution is -2.31. The molecule has 0 aliphatic rings. The van der Waals surface area contributed by atoms with E-state index in [0.717, 1.165) is 5.56 Å². The lowest BCUT2D eigenvalue weighted by molar-refractivity contribution is -0.120. The Bertz CT molecular complexity index is 1000. The zero-order valence-electron chi connectivity index (χ0n) is 13.4. The highest BCUT2D eigenvalue weighted by molar-refractivity contribution is 6.23. The maximum absolute atomic E-state index is 12.2. The minimum Gasteiger partial charge on any atom is -0.354 e. The highest BCUT2D eigenvalue weighted by atomic mass is 16.1. The van der Waals surface area contributed by atoms with Crippen LogP contribution in [0.2, 0.25) is 0 Å². The second-order valence-electron chi connectivity index (χ2n) is 6.48. The highest BCUT2D eigenvalue weighted by Crippen LogP contribution is 2.35.